The molecular formula is C26H36BrN4O9P. The zero-order chi connectivity index (χ0) is 30.6. The van der Waals surface area contributed by atoms with Gasteiger partial charge in [-0.2, -0.15) is 10.1 Å². The van der Waals surface area contributed by atoms with E-state index in [-0.39, 0.29) is 36.1 Å². The molecule has 15 heteroatoms. The topological polar surface area (TPSA) is 156 Å². The smallest absolute Gasteiger partial charge is 0.459 e. The van der Waals surface area contributed by atoms with Gasteiger partial charge in [0, 0.05) is 16.1 Å². The second-order valence-corrected chi connectivity index (χ2v) is 13.5. The van der Waals surface area contributed by atoms with Gasteiger partial charge in [0.2, 0.25) is 5.91 Å². The summed E-state index contributed by atoms with van der Waals surface area (Å²) in [6.07, 6.45) is -0.433. The van der Waals surface area contributed by atoms with E-state index < -0.39 is 43.4 Å². The Balaban J connectivity index is 1.66. The molecule has 1 fully saturated rings. The highest BCUT2D eigenvalue weighted by atomic mass is 79.9. The van der Waals surface area contributed by atoms with Crippen LogP contribution in [-0.4, -0.2) is 54.1 Å². The van der Waals surface area contributed by atoms with Crippen molar-refractivity contribution in [1.29, 1.82) is 0 Å². The third kappa shape index (κ3) is 8.46. The number of rotatable bonds is 11. The van der Waals surface area contributed by atoms with Gasteiger partial charge in [0.15, 0.2) is 12.5 Å². The standard InChI is InChI=1S/C26H36BrN4O9P/c1-16(22(32)36-7)30-41(35,40-18-10-8-17(27)9-11-18)38-15-21-37-14-20(39-21)31-13-12-19(29-24(31)34)28-23(33)26(5,6)25(2,3)4/h8-13,16,20-21H,14-15H2,1-7H3,(H,30,35)(H,28,29,33,34)/t16-,20-,21-,41?/m0/s1. The van der Waals surface area contributed by atoms with Crippen molar-refractivity contribution in [3.63, 3.8) is 0 Å². The Morgan fingerprint density at radius 2 is 1.85 bits per heavy atom. The molecule has 226 valence electrons. The summed E-state index contributed by atoms with van der Waals surface area (Å²) in [6.45, 7) is 10.6. The highest BCUT2D eigenvalue weighted by Crippen LogP contribution is 2.45. The van der Waals surface area contributed by atoms with Crippen LogP contribution in [0.1, 0.15) is 47.8 Å². The minimum atomic E-state index is -4.13. The zero-order valence-electron chi connectivity index (χ0n) is 24.0. The second kappa shape index (κ2) is 13.1. The van der Waals surface area contributed by atoms with Crippen molar-refractivity contribution in [1.82, 2.24) is 14.6 Å². The van der Waals surface area contributed by atoms with Gasteiger partial charge in [-0.25, -0.2) is 9.36 Å². The monoisotopic (exact) mass is 658 g/mol. The Kier molecular flexibility index (Phi) is 10.5. The van der Waals surface area contributed by atoms with Crippen molar-refractivity contribution >= 4 is 41.4 Å². The molecule has 2 N–H and O–H groups in total. The molecule has 13 nitrogen and oxygen atoms in total. The van der Waals surface area contributed by atoms with Crippen LogP contribution in [0, 0.1) is 10.8 Å². The van der Waals surface area contributed by atoms with E-state index in [1.165, 1.54) is 30.9 Å². The van der Waals surface area contributed by atoms with E-state index in [9.17, 15) is 18.9 Å². The summed E-state index contributed by atoms with van der Waals surface area (Å²) >= 11 is 3.32. The van der Waals surface area contributed by atoms with Gasteiger partial charge < -0.3 is 24.1 Å². The first-order chi connectivity index (χ1) is 19.0. The first-order valence-corrected chi connectivity index (χ1v) is 15.1. The lowest BCUT2D eigenvalue weighted by molar-refractivity contribution is -0.142. The molecule has 3 rings (SSSR count). The van der Waals surface area contributed by atoms with E-state index >= 15 is 0 Å². The summed E-state index contributed by atoms with van der Waals surface area (Å²) in [7, 11) is -2.93. The number of hydrogen-bond acceptors (Lipinski definition) is 10. The van der Waals surface area contributed by atoms with Crippen molar-refractivity contribution in [2.45, 2.75) is 60.1 Å². The molecule has 1 amide bonds. The first-order valence-electron chi connectivity index (χ1n) is 12.8. The summed E-state index contributed by atoms with van der Waals surface area (Å²) < 4.78 is 42.7. The number of nitrogens with one attached hydrogen (secondary N) is 2. The molecule has 0 bridgehead atoms. The molecule has 0 aliphatic carbocycles. The molecule has 0 radical (unpaired) electrons. The minimum Gasteiger partial charge on any atom is -0.468 e. The fourth-order valence-electron chi connectivity index (χ4n) is 3.34. The fourth-order valence-corrected chi connectivity index (χ4v) is 5.08. The van der Waals surface area contributed by atoms with Crippen LogP contribution in [0.2, 0.25) is 0 Å². The maximum atomic E-state index is 13.5. The summed E-state index contributed by atoms with van der Waals surface area (Å²) in [5.41, 5.74) is -1.70. The number of hydrogen-bond donors (Lipinski definition) is 2. The highest BCUT2D eigenvalue weighted by Gasteiger charge is 2.40. The number of carbonyl (C=O) groups excluding carboxylic acids is 2. The molecule has 1 saturated heterocycles. The van der Waals surface area contributed by atoms with E-state index in [0.29, 0.717) is 0 Å². The Labute approximate surface area is 247 Å². The molecule has 1 aromatic heterocycles. The third-order valence-electron chi connectivity index (χ3n) is 6.88. The molecular weight excluding hydrogens is 623 g/mol. The number of methoxy groups -OCH3 is 1. The lowest BCUT2D eigenvalue weighted by Gasteiger charge is -2.37. The molecule has 1 aromatic carbocycles. The van der Waals surface area contributed by atoms with E-state index in [1.54, 1.807) is 24.3 Å². The van der Waals surface area contributed by atoms with Crippen LogP contribution in [0.4, 0.5) is 5.82 Å². The number of aromatic nitrogens is 2. The van der Waals surface area contributed by atoms with Crippen LogP contribution in [0.5, 0.6) is 5.75 Å². The van der Waals surface area contributed by atoms with Crippen LogP contribution in [0.25, 0.3) is 0 Å². The molecule has 1 aliphatic heterocycles. The van der Waals surface area contributed by atoms with Gasteiger partial charge in [0.1, 0.15) is 24.2 Å². The molecule has 0 saturated carbocycles. The van der Waals surface area contributed by atoms with Gasteiger partial charge in [0.05, 0.1) is 13.7 Å². The minimum absolute atomic E-state index is 0.0256. The van der Waals surface area contributed by atoms with E-state index in [2.05, 4.69) is 36.1 Å². The number of halogens is 1. The zero-order valence-corrected chi connectivity index (χ0v) is 26.5. The van der Waals surface area contributed by atoms with Gasteiger partial charge in [-0.3, -0.25) is 18.7 Å². The molecule has 4 atom stereocenters. The van der Waals surface area contributed by atoms with Crippen LogP contribution in [-0.2, 0) is 32.9 Å². The highest BCUT2D eigenvalue weighted by molar-refractivity contribution is 9.10. The number of amides is 1. The van der Waals surface area contributed by atoms with E-state index in [4.69, 9.17) is 18.5 Å². The Bertz CT molecular complexity index is 1340. The van der Waals surface area contributed by atoms with Crippen LogP contribution in [0.15, 0.2) is 45.8 Å². The maximum Gasteiger partial charge on any atom is 0.459 e. The lowest BCUT2D eigenvalue weighted by Crippen LogP contribution is -2.42. The quantitative estimate of drug-likeness (QED) is 0.263. The normalized spacial score (nSPS) is 19.7. The number of ether oxygens (including phenoxy) is 3. The average Bonchev–Trinajstić information content (AvgIpc) is 3.36. The van der Waals surface area contributed by atoms with E-state index in [0.717, 1.165) is 4.47 Å². The van der Waals surface area contributed by atoms with Gasteiger partial charge in [-0.1, -0.05) is 50.5 Å². The van der Waals surface area contributed by atoms with Gasteiger partial charge in [0.25, 0.3) is 0 Å². The Morgan fingerprint density at radius 1 is 1.20 bits per heavy atom. The lowest BCUT2D eigenvalue weighted by atomic mass is 9.69. The largest absolute Gasteiger partial charge is 0.468 e. The number of esters is 1. The van der Waals surface area contributed by atoms with Crippen molar-refractivity contribution in [2.24, 2.45) is 10.8 Å². The summed E-state index contributed by atoms with van der Waals surface area (Å²) in [6, 6.07) is 6.98. The molecule has 0 spiro atoms. The second-order valence-electron chi connectivity index (χ2n) is 10.9. The van der Waals surface area contributed by atoms with E-state index in [1.807, 2.05) is 34.6 Å². The van der Waals surface area contributed by atoms with Gasteiger partial charge in [-0.15, -0.1) is 0 Å². The molecule has 2 aromatic rings. The molecule has 1 aliphatic rings. The van der Waals surface area contributed by atoms with Crippen LogP contribution in [0.3, 0.4) is 0 Å². The summed E-state index contributed by atoms with van der Waals surface area (Å²) in [5.74, 6) is -0.598. The SMILES string of the molecule is COC(=O)[C@H](C)NP(=O)(OC[C@H]1OC[C@@H](n2ccc(NC(=O)C(C)(C)C(C)(C)C)nc2=O)O1)Oc1ccc(Br)cc1. The number of nitrogens with zero attached hydrogens (tertiary/aromatic N) is 2. The molecule has 2 heterocycles. The number of carbonyl (C=O) groups is 2. The van der Waals surface area contributed by atoms with Crippen molar-refractivity contribution in [3.05, 3.63) is 51.5 Å². The van der Waals surface area contributed by atoms with Gasteiger partial charge in [-0.05, 0) is 42.7 Å². The Morgan fingerprint density at radius 3 is 2.44 bits per heavy atom. The fraction of sp³-hybridized carbons (Fsp3) is 0.538. The first kappa shape index (κ1) is 32.9. The number of benzene rings is 1. The van der Waals surface area contributed by atoms with Crippen molar-refractivity contribution in [3.8, 4) is 5.75 Å². The number of anilines is 1. The summed E-state index contributed by atoms with van der Waals surface area (Å²) in [5, 5.41) is 5.24. The van der Waals surface area contributed by atoms with Crippen LogP contribution < -0.4 is 20.6 Å². The maximum absolute atomic E-state index is 13.5. The Hall–Kier alpha value is -2.61. The average molecular weight is 659 g/mol. The van der Waals surface area contributed by atoms with Crippen molar-refractivity contribution < 1.29 is 37.4 Å². The van der Waals surface area contributed by atoms with Crippen molar-refractivity contribution in [2.75, 3.05) is 25.6 Å². The van der Waals surface area contributed by atoms with Gasteiger partial charge >= 0.3 is 19.4 Å². The predicted molar refractivity (Wildman–Crippen MR) is 153 cm³/mol. The third-order valence-corrected chi connectivity index (χ3v) is 9.06. The summed E-state index contributed by atoms with van der Waals surface area (Å²) in [4.78, 5) is 41.4. The molecule has 1 unspecified atom stereocenters. The predicted octanol–water partition coefficient (Wildman–Crippen LogP) is 4.24. The van der Waals surface area contributed by atoms with Crippen LogP contribution >= 0.6 is 23.7 Å². The molecule has 41 heavy (non-hydrogen) atoms.